The van der Waals surface area contributed by atoms with E-state index in [1.807, 2.05) is 0 Å². The van der Waals surface area contributed by atoms with Gasteiger partial charge in [0.05, 0.1) is 24.8 Å². The number of hydrogen-bond acceptors (Lipinski definition) is 7. The molecule has 136 valence electrons. The first kappa shape index (κ1) is 19.0. The van der Waals surface area contributed by atoms with Crippen LogP contribution >= 0.6 is 11.6 Å². The molecule has 0 unspecified atom stereocenters. The Kier molecular flexibility index (Phi) is 6.34. The summed E-state index contributed by atoms with van der Waals surface area (Å²) < 4.78 is 5.08. The minimum absolute atomic E-state index is 0.00487. The monoisotopic (exact) mass is 378 g/mol. The van der Waals surface area contributed by atoms with Crippen molar-refractivity contribution in [2.45, 2.75) is 0 Å². The lowest BCUT2D eigenvalue weighted by molar-refractivity contribution is -0.385. The highest BCUT2D eigenvalue weighted by Crippen LogP contribution is 2.32. The maximum Gasteiger partial charge on any atom is 0.312 e. The summed E-state index contributed by atoms with van der Waals surface area (Å²) in [5, 5.41) is 27.3. The van der Waals surface area contributed by atoms with Gasteiger partial charge in [-0.15, -0.1) is 0 Å². The Morgan fingerprint density at radius 2 is 2.19 bits per heavy atom. The molecule has 9 nitrogen and oxygen atoms in total. The molecule has 2 aromatic rings. The molecular formula is C16H15ClN4O5. The van der Waals surface area contributed by atoms with Crippen LogP contribution < -0.4 is 15.5 Å². The Balaban J connectivity index is 1.95. The molecular weight excluding hydrogens is 364 g/mol. The summed E-state index contributed by atoms with van der Waals surface area (Å²) in [7, 11) is 1.54. The molecule has 0 bridgehead atoms. The number of aromatic hydroxyl groups is 1. The Morgan fingerprint density at radius 3 is 2.88 bits per heavy atom. The van der Waals surface area contributed by atoms with Gasteiger partial charge in [-0.05, 0) is 18.2 Å². The molecule has 3 N–H and O–H groups in total. The number of hydrogen-bond donors (Lipinski definition) is 3. The molecule has 0 aliphatic rings. The van der Waals surface area contributed by atoms with Gasteiger partial charge < -0.3 is 15.2 Å². The predicted molar refractivity (Wildman–Crippen MR) is 97.0 cm³/mol. The van der Waals surface area contributed by atoms with Crippen molar-refractivity contribution in [3.05, 3.63) is 57.1 Å². The third kappa shape index (κ3) is 5.08. The molecule has 0 saturated heterocycles. The molecule has 0 aliphatic carbocycles. The van der Waals surface area contributed by atoms with E-state index in [4.69, 9.17) is 16.3 Å². The Bertz CT molecular complexity index is 857. The number of anilines is 1. The second-order valence-electron chi connectivity index (χ2n) is 5.00. The van der Waals surface area contributed by atoms with Crippen molar-refractivity contribution in [1.82, 2.24) is 5.43 Å². The maximum absolute atomic E-state index is 11.8. The van der Waals surface area contributed by atoms with Gasteiger partial charge in [-0.2, -0.15) is 5.10 Å². The summed E-state index contributed by atoms with van der Waals surface area (Å²) in [6.07, 6.45) is 1.07. The Hall–Kier alpha value is -3.33. The molecule has 0 heterocycles. The van der Waals surface area contributed by atoms with Gasteiger partial charge in [0.2, 0.25) is 5.75 Å². The molecule has 10 heteroatoms. The number of nitro groups is 1. The molecule has 0 radical (unpaired) electrons. The molecule has 26 heavy (non-hydrogen) atoms. The van der Waals surface area contributed by atoms with Crippen LogP contribution in [0.4, 0.5) is 11.4 Å². The molecule has 1 amide bonds. The van der Waals surface area contributed by atoms with Gasteiger partial charge in [-0.3, -0.25) is 14.9 Å². The van der Waals surface area contributed by atoms with Gasteiger partial charge >= 0.3 is 5.69 Å². The summed E-state index contributed by atoms with van der Waals surface area (Å²) in [6, 6.07) is 9.33. The Morgan fingerprint density at radius 1 is 1.42 bits per heavy atom. The van der Waals surface area contributed by atoms with E-state index in [1.54, 1.807) is 24.3 Å². The molecule has 0 fully saturated rings. The van der Waals surface area contributed by atoms with Crippen LogP contribution in [0.1, 0.15) is 5.56 Å². The van der Waals surface area contributed by atoms with Gasteiger partial charge in [0.15, 0.2) is 0 Å². The lowest BCUT2D eigenvalue weighted by Gasteiger charge is -2.07. The largest absolute Gasteiger partial charge is 0.502 e. The number of benzene rings is 2. The van der Waals surface area contributed by atoms with E-state index in [0.29, 0.717) is 11.4 Å². The van der Waals surface area contributed by atoms with Crippen LogP contribution in [0.2, 0.25) is 5.02 Å². The fourth-order valence-electron chi connectivity index (χ4n) is 1.97. The van der Waals surface area contributed by atoms with E-state index in [1.165, 1.54) is 13.2 Å². The second kappa shape index (κ2) is 8.67. The first-order chi connectivity index (χ1) is 12.4. The third-order valence-electron chi connectivity index (χ3n) is 3.20. The van der Waals surface area contributed by atoms with Gasteiger partial charge in [-0.25, -0.2) is 5.43 Å². The Labute approximate surface area is 153 Å². The van der Waals surface area contributed by atoms with Crippen LogP contribution in [-0.4, -0.2) is 35.8 Å². The number of nitro benzene ring substituents is 1. The standard InChI is InChI=1S/C16H15ClN4O5/c1-26-13-4-2-3-12(7-13)18-9-15(22)20-19-8-10-5-11(17)6-14(16(10)23)21(24)25/h2-8,18,23H,9H2,1H3,(H,20,22)/b19-8+. The molecule has 0 atom stereocenters. The SMILES string of the molecule is COc1cccc(NCC(=O)N/N=C/c2cc(Cl)cc([N+](=O)[O-])c2O)c1. The van der Waals surface area contributed by atoms with Crippen molar-refractivity contribution < 1.29 is 19.6 Å². The summed E-state index contributed by atoms with van der Waals surface area (Å²) in [4.78, 5) is 21.8. The first-order valence-electron chi connectivity index (χ1n) is 7.27. The average molecular weight is 379 g/mol. The minimum atomic E-state index is -0.769. The summed E-state index contributed by atoms with van der Waals surface area (Å²) in [6.45, 7) is -0.0633. The van der Waals surface area contributed by atoms with Crippen molar-refractivity contribution in [3.8, 4) is 11.5 Å². The number of rotatable bonds is 7. The zero-order chi connectivity index (χ0) is 19.1. The summed E-state index contributed by atoms with van der Waals surface area (Å²) in [5.74, 6) is -0.404. The lowest BCUT2D eigenvalue weighted by Crippen LogP contribution is -2.25. The fraction of sp³-hybridized carbons (Fsp3) is 0.125. The van der Waals surface area contributed by atoms with Crippen molar-refractivity contribution in [2.75, 3.05) is 19.0 Å². The lowest BCUT2D eigenvalue weighted by atomic mass is 10.2. The van der Waals surface area contributed by atoms with Gasteiger partial charge in [0.25, 0.3) is 5.91 Å². The van der Waals surface area contributed by atoms with Crippen LogP contribution in [0, 0.1) is 10.1 Å². The number of carbonyl (C=O) groups is 1. The number of carbonyl (C=O) groups excluding carboxylic acids is 1. The summed E-state index contributed by atoms with van der Waals surface area (Å²) in [5.41, 5.74) is 2.38. The number of phenolic OH excluding ortho intramolecular Hbond substituents is 1. The highest BCUT2D eigenvalue weighted by Gasteiger charge is 2.17. The van der Waals surface area contributed by atoms with Gasteiger partial charge in [0.1, 0.15) is 5.75 Å². The zero-order valence-corrected chi connectivity index (χ0v) is 14.4. The van der Waals surface area contributed by atoms with E-state index in [2.05, 4.69) is 15.8 Å². The number of ether oxygens (including phenoxy) is 1. The van der Waals surface area contributed by atoms with Crippen LogP contribution in [-0.2, 0) is 4.79 Å². The number of hydrazone groups is 1. The number of halogens is 1. The predicted octanol–water partition coefficient (Wildman–Crippen LogP) is 2.52. The highest BCUT2D eigenvalue weighted by molar-refractivity contribution is 6.31. The van der Waals surface area contributed by atoms with Crippen LogP contribution in [0.5, 0.6) is 11.5 Å². The molecule has 0 aliphatic heterocycles. The smallest absolute Gasteiger partial charge is 0.312 e. The van der Waals surface area contributed by atoms with Crippen molar-refractivity contribution in [2.24, 2.45) is 5.10 Å². The van der Waals surface area contributed by atoms with Crippen molar-refractivity contribution in [3.63, 3.8) is 0 Å². The topological polar surface area (TPSA) is 126 Å². The van der Waals surface area contributed by atoms with E-state index in [9.17, 15) is 20.0 Å². The van der Waals surface area contributed by atoms with Gasteiger partial charge in [0, 0.05) is 28.4 Å². The van der Waals surface area contributed by atoms with E-state index in [0.717, 1.165) is 12.3 Å². The number of nitrogens with zero attached hydrogens (tertiary/aromatic N) is 2. The molecule has 2 rings (SSSR count). The second-order valence-corrected chi connectivity index (χ2v) is 5.43. The highest BCUT2D eigenvalue weighted by atomic mass is 35.5. The maximum atomic E-state index is 11.8. The summed E-state index contributed by atoms with van der Waals surface area (Å²) >= 11 is 5.76. The fourth-order valence-corrected chi connectivity index (χ4v) is 2.19. The van der Waals surface area contributed by atoms with E-state index >= 15 is 0 Å². The van der Waals surface area contributed by atoms with Crippen LogP contribution in [0.25, 0.3) is 0 Å². The van der Waals surface area contributed by atoms with E-state index < -0.39 is 22.3 Å². The quantitative estimate of drug-likeness (QED) is 0.386. The zero-order valence-electron chi connectivity index (χ0n) is 13.6. The molecule has 2 aromatic carbocycles. The first-order valence-corrected chi connectivity index (χ1v) is 7.65. The van der Waals surface area contributed by atoms with Gasteiger partial charge in [-0.1, -0.05) is 17.7 Å². The molecule has 0 aromatic heterocycles. The van der Waals surface area contributed by atoms with Crippen LogP contribution in [0.3, 0.4) is 0 Å². The number of phenols is 1. The van der Waals surface area contributed by atoms with Crippen molar-refractivity contribution in [1.29, 1.82) is 0 Å². The third-order valence-corrected chi connectivity index (χ3v) is 3.41. The number of amides is 1. The molecule has 0 saturated carbocycles. The average Bonchev–Trinajstić information content (AvgIpc) is 2.62. The normalized spacial score (nSPS) is 10.5. The van der Waals surface area contributed by atoms with Crippen molar-refractivity contribution >= 4 is 35.1 Å². The number of methoxy groups -OCH3 is 1. The van der Waals surface area contributed by atoms with E-state index in [-0.39, 0.29) is 17.1 Å². The minimum Gasteiger partial charge on any atom is -0.502 e. The molecule has 0 spiro atoms. The number of nitrogens with one attached hydrogen (secondary N) is 2. The van der Waals surface area contributed by atoms with Crippen LogP contribution in [0.15, 0.2) is 41.5 Å².